The van der Waals surface area contributed by atoms with Crippen molar-refractivity contribution in [3.8, 4) is 34.0 Å². The minimum atomic E-state index is 0.660. The molecule has 34 heavy (non-hydrogen) atoms. The molecule has 0 aliphatic heterocycles. The molecule has 6 rings (SSSR count). The predicted octanol–water partition coefficient (Wildman–Crippen LogP) is 4.73. The molecule has 0 saturated carbocycles. The van der Waals surface area contributed by atoms with Crippen molar-refractivity contribution >= 4 is 22.1 Å². The van der Waals surface area contributed by atoms with Crippen molar-refractivity contribution < 1.29 is 0 Å². The van der Waals surface area contributed by atoms with Crippen molar-refractivity contribution in [2.75, 3.05) is 6.54 Å². The van der Waals surface area contributed by atoms with E-state index in [4.69, 9.17) is 9.97 Å². The van der Waals surface area contributed by atoms with Crippen LogP contribution >= 0.6 is 0 Å². The van der Waals surface area contributed by atoms with Gasteiger partial charge in [-0.05, 0) is 48.5 Å². The first-order valence-corrected chi connectivity index (χ1v) is 11.2. The second-order valence-electron chi connectivity index (χ2n) is 8.03. The number of imidazole rings is 1. The van der Waals surface area contributed by atoms with Gasteiger partial charge in [0, 0.05) is 36.3 Å². The molecule has 6 aromatic rings. The van der Waals surface area contributed by atoms with Crippen LogP contribution in [0.25, 0.3) is 56.1 Å². The molecule has 0 aliphatic carbocycles. The SMILES string of the molecule is CCNCc1cncc(-c2ccc3[nH]nc(-c4nc5c(-c6ccccn6)cccc5[nH]4)c3n2)c1. The second-order valence-corrected chi connectivity index (χ2v) is 8.03. The fourth-order valence-corrected chi connectivity index (χ4v) is 4.09. The first-order valence-electron chi connectivity index (χ1n) is 11.2. The molecule has 1 aromatic carbocycles. The molecule has 0 bridgehead atoms. The maximum Gasteiger partial charge on any atom is 0.161 e. The third-order valence-corrected chi connectivity index (χ3v) is 5.76. The van der Waals surface area contributed by atoms with Crippen molar-refractivity contribution in [1.82, 2.24) is 40.4 Å². The number of para-hydroxylation sites is 1. The largest absolute Gasteiger partial charge is 0.336 e. The molecule has 0 fully saturated rings. The lowest BCUT2D eigenvalue weighted by Crippen LogP contribution is -2.11. The van der Waals surface area contributed by atoms with Crippen LogP contribution in [0, 0.1) is 0 Å². The van der Waals surface area contributed by atoms with E-state index >= 15 is 0 Å². The normalized spacial score (nSPS) is 11.4. The van der Waals surface area contributed by atoms with E-state index in [0.717, 1.165) is 63.2 Å². The zero-order valence-electron chi connectivity index (χ0n) is 18.6. The topological polar surface area (TPSA) is 108 Å². The number of fused-ring (bicyclic) bond motifs is 2. The lowest BCUT2D eigenvalue weighted by Gasteiger charge is -2.05. The van der Waals surface area contributed by atoms with Crippen molar-refractivity contribution in [2.24, 2.45) is 0 Å². The van der Waals surface area contributed by atoms with Gasteiger partial charge in [0.15, 0.2) is 11.5 Å². The highest BCUT2D eigenvalue weighted by atomic mass is 15.1. The summed E-state index contributed by atoms with van der Waals surface area (Å²) < 4.78 is 0. The highest BCUT2D eigenvalue weighted by molar-refractivity contribution is 5.95. The number of rotatable bonds is 6. The smallest absolute Gasteiger partial charge is 0.161 e. The molecular weight excluding hydrogens is 424 g/mol. The Morgan fingerprint density at radius 2 is 1.85 bits per heavy atom. The summed E-state index contributed by atoms with van der Waals surface area (Å²) in [6.45, 7) is 3.77. The standard InChI is InChI=1S/C26H22N8/c1-2-27-13-16-12-17(15-28-14-16)19-9-10-22-24(30-19)25(34-33-22)26-31-21-8-5-6-18(23(21)32-26)20-7-3-4-11-29-20/h3-12,14-15,27H,2,13H2,1H3,(H,31,32)(H,33,34). The first-order chi connectivity index (χ1) is 16.8. The Morgan fingerprint density at radius 3 is 2.74 bits per heavy atom. The molecule has 0 radical (unpaired) electrons. The quantitative estimate of drug-likeness (QED) is 0.341. The summed E-state index contributed by atoms with van der Waals surface area (Å²) >= 11 is 0. The van der Waals surface area contributed by atoms with E-state index in [1.54, 1.807) is 6.20 Å². The van der Waals surface area contributed by atoms with E-state index in [9.17, 15) is 0 Å². The highest BCUT2D eigenvalue weighted by Crippen LogP contribution is 2.31. The van der Waals surface area contributed by atoms with E-state index in [0.29, 0.717) is 11.5 Å². The Kier molecular flexibility index (Phi) is 5.04. The molecular formula is C26H22N8. The Morgan fingerprint density at radius 1 is 0.882 bits per heavy atom. The van der Waals surface area contributed by atoms with E-state index in [1.807, 2.05) is 60.9 Å². The maximum absolute atomic E-state index is 4.93. The van der Waals surface area contributed by atoms with Crippen molar-refractivity contribution in [2.45, 2.75) is 13.5 Å². The van der Waals surface area contributed by atoms with E-state index in [2.05, 4.69) is 43.5 Å². The minimum absolute atomic E-state index is 0.660. The van der Waals surface area contributed by atoms with Crippen LogP contribution < -0.4 is 5.32 Å². The Bertz CT molecular complexity index is 1600. The van der Waals surface area contributed by atoms with Crippen molar-refractivity contribution in [3.63, 3.8) is 0 Å². The summed E-state index contributed by atoms with van der Waals surface area (Å²) in [4.78, 5) is 22.1. The Balaban J connectivity index is 1.44. The molecule has 5 aromatic heterocycles. The van der Waals surface area contributed by atoms with Crippen LogP contribution in [-0.4, -0.2) is 41.7 Å². The molecule has 0 aliphatic rings. The summed E-state index contributed by atoms with van der Waals surface area (Å²) in [6, 6.07) is 18.0. The van der Waals surface area contributed by atoms with Crippen LogP contribution in [0.15, 0.2) is 73.2 Å². The van der Waals surface area contributed by atoms with Crippen LogP contribution in [0.5, 0.6) is 0 Å². The molecule has 166 valence electrons. The monoisotopic (exact) mass is 446 g/mol. The van der Waals surface area contributed by atoms with Crippen LogP contribution in [0.2, 0.25) is 0 Å². The van der Waals surface area contributed by atoms with Gasteiger partial charge < -0.3 is 10.3 Å². The lowest BCUT2D eigenvalue weighted by molar-refractivity contribution is 0.724. The number of aromatic nitrogens is 7. The average Bonchev–Trinajstić information content (AvgIpc) is 3.51. The number of nitrogens with zero attached hydrogens (tertiary/aromatic N) is 5. The van der Waals surface area contributed by atoms with Crippen LogP contribution in [0.4, 0.5) is 0 Å². The van der Waals surface area contributed by atoms with Gasteiger partial charge in [0.2, 0.25) is 0 Å². The van der Waals surface area contributed by atoms with Gasteiger partial charge >= 0.3 is 0 Å². The van der Waals surface area contributed by atoms with Gasteiger partial charge in [-0.3, -0.25) is 15.1 Å². The Labute approximate surface area is 195 Å². The molecule has 0 spiro atoms. The first kappa shape index (κ1) is 20.2. The zero-order chi connectivity index (χ0) is 22.9. The zero-order valence-corrected chi connectivity index (χ0v) is 18.6. The van der Waals surface area contributed by atoms with Gasteiger partial charge in [0.25, 0.3) is 0 Å². The van der Waals surface area contributed by atoms with Gasteiger partial charge in [-0.15, -0.1) is 0 Å². The van der Waals surface area contributed by atoms with Crippen LogP contribution in [0.3, 0.4) is 0 Å². The summed E-state index contributed by atoms with van der Waals surface area (Å²) in [5.41, 5.74) is 8.83. The number of nitrogens with one attached hydrogen (secondary N) is 3. The molecule has 5 heterocycles. The molecule has 0 saturated heterocycles. The van der Waals surface area contributed by atoms with Gasteiger partial charge in [-0.2, -0.15) is 5.10 Å². The second kappa shape index (κ2) is 8.49. The summed E-state index contributed by atoms with van der Waals surface area (Å²) in [5, 5.41) is 11.0. The number of benzene rings is 1. The fourth-order valence-electron chi connectivity index (χ4n) is 4.09. The summed E-state index contributed by atoms with van der Waals surface area (Å²) in [7, 11) is 0. The van der Waals surface area contributed by atoms with E-state index in [-0.39, 0.29) is 0 Å². The number of hydrogen-bond acceptors (Lipinski definition) is 6. The lowest BCUT2D eigenvalue weighted by atomic mass is 10.1. The third kappa shape index (κ3) is 3.60. The fraction of sp³-hybridized carbons (Fsp3) is 0.115. The molecule has 0 unspecified atom stereocenters. The van der Waals surface area contributed by atoms with Gasteiger partial charge in [0.05, 0.1) is 27.9 Å². The van der Waals surface area contributed by atoms with Gasteiger partial charge in [-0.25, -0.2) is 9.97 Å². The van der Waals surface area contributed by atoms with Crippen LogP contribution in [-0.2, 0) is 6.54 Å². The predicted molar refractivity (Wildman–Crippen MR) is 133 cm³/mol. The van der Waals surface area contributed by atoms with Gasteiger partial charge in [0.1, 0.15) is 5.52 Å². The minimum Gasteiger partial charge on any atom is -0.336 e. The van der Waals surface area contributed by atoms with Crippen molar-refractivity contribution in [3.05, 3.63) is 78.8 Å². The summed E-state index contributed by atoms with van der Waals surface area (Å²) in [6.07, 6.45) is 5.50. The molecule has 0 amide bonds. The molecule has 3 N–H and O–H groups in total. The maximum atomic E-state index is 4.93. The third-order valence-electron chi connectivity index (χ3n) is 5.76. The number of hydrogen-bond donors (Lipinski definition) is 3. The number of aromatic amines is 2. The van der Waals surface area contributed by atoms with Gasteiger partial charge in [-0.1, -0.05) is 25.1 Å². The van der Waals surface area contributed by atoms with E-state index < -0.39 is 0 Å². The molecule has 8 nitrogen and oxygen atoms in total. The molecule has 0 atom stereocenters. The molecule has 8 heteroatoms. The number of pyridine rings is 3. The van der Waals surface area contributed by atoms with Crippen LogP contribution in [0.1, 0.15) is 12.5 Å². The van der Waals surface area contributed by atoms with E-state index in [1.165, 1.54) is 0 Å². The van der Waals surface area contributed by atoms with Crippen molar-refractivity contribution in [1.29, 1.82) is 0 Å². The number of H-pyrrole nitrogens is 2. The summed E-state index contributed by atoms with van der Waals surface area (Å²) in [5.74, 6) is 0.660. The Hall–Kier alpha value is -4.43. The average molecular weight is 447 g/mol. The highest BCUT2D eigenvalue weighted by Gasteiger charge is 2.17.